The van der Waals surface area contributed by atoms with Gasteiger partial charge in [0.15, 0.2) is 5.43 Å². The van der Waals surface area contributed by atoms with Crippen LogP contribution in [-0.2, 0) is 6.54 Å². The van der Waals surface area contributed by atoms with Gasteiger partial charge >= 0.3 is 0 Å². The minimum absolute atomic E-state index is 0.0723. The van der Waals surface area contributed by atoms with Gasteiger partial charge in [0.25, 0.3) is 5.91 Å². The van der Waals surface area contributed by atoms with Crippen molar-refractivity contribution in [3.8, 4) is 11.4 Å². The van der Waals surface area contributed by atoms with Crippen LogP contribution in [0.2, 0.25) is 5.02 Å². The Morgan fingerprint density at radius 2 is 2.00 bits per heavy atom. The summed E-state index contributed by atoms with van der Waals surface area (Å²) in [7, 11) is 0. The Kier molecular flexibility index (Phi) is 6.34. The quantitative estimate of drug-likeness (QED) is 0.571. The van der Waals surface area contributed by atoms with Crippen molar-refractivity contribution < 1.29 is 4.79 Å². The first-order valence-electron chi connectivity index (χ1n) is 9.37. The van der Waals surface area contributed by atoms with Crippen LogP contribution in [0.15, 0.2) is 47.4 Å². The highest BCUT2D eigenvalue weighted by atomic mass is 35.5. The third kappa shape index (κ3) is 4.66. The predicted octanol–water partition coefficient (Wildman–Crippen LogP) is 4.07. The topological polar surface area (TPSA) is 86.9 Å². The molecule has 0 radical (unpaired) electrons. The van der Waals surface area contributed by atoms with Gasteiger partial charge in [-0.3, -0.25) is 14.6 Å². The third-order valence-corrected chi connectivity index (χ3v) is 4.82. The minimum atomic E-state index is -0.295. The number of amides is 1. The number of halogens is 1. The number of nitrogens with one attached hydrogen (secondary N) is 3. The van der Waals surface area contributed by atoms with Gasteiger partial charge in [-0.15, -0.1) is 0 Å². The molecule has 29 heavy (non-hydrogen) atoms. The molecule has 0 unspecified atom stereocenters. The Bertz CT molecular complexity index is 1090. The molecule has 3 rings (SSSR count). The van der Waals surface area contributed by atoms with Crippen molar-refractivity contribution in [3.05, 3.63) is 80.2 Å². The van der Waals surface area contributed by atoms with E-state index in [9.17, 15) is 9.59 Å². The minimum Gasteiger partial charge on any atom is -0.385 e. The molecule has 0 saturated carbocycles. The lowest BCUT2D eigenvalue weighted by Crippen LogP contribution is -2.28. The summed E-state index contributed by atoms with van der Waals surface area (Å²) >= 11 is 6.18. The van der Waals surface area contributed by atoms with Crippen LogP contribution in [0.4, 0.5) is 5.69 Å². The van der Waals surface area contributed by atoms with E-state index in [4.69, 9.17) is 11.6 Å². The molecule has 1 aromatic carbocycles. The van der Waals surface area contributed by atoms with Crippen LogP contribution in [0.3, 0.4) is 0 Å². The van der Waals surface area contributed by atoms with Crippen molar-refractivity contribution in [3.63, 3.8) is 0 Å². The lowest BCUT2D eigenvalue weighted by molar-refractivity contribution is 0.0950. The zero-order valence-electron chi connectivity index (χ0n) is 16.6. The first-order valence-corrected chi connectivity index (χ1v) is 9.75. The molecule has 2 aromatic heterocycles. The second-order valence-electron chi connectivity index (χ2n) is 6.72. The third-order valence-electron chi connectivity index (χ3n) is 4.60. The average molecular weight is 411 g/mol. The average Bonchev–Trinajstić information content (AvgIpc) is 2.70. The van der Waals surface area contributed by atoms with Gasteiger partial charge in [0, 0.05) is 52.9 Å². The Hall–Kier alpha value is -3.12. The van der Waals surface area contributed by atoms with Gasteiger partial charge in [-0.1, -0.05) is 17.7 Å². The van der Waals surface area contributed by atoms with Gasteiger partial charge in [0.05, 0.1) is 11.4 Å². The van der Waals surface area contributed by atoms with Gasteiger partial charge in [-0.05, 0) is 50.6 Å². The number of carbonyl (C=O) groups excluding carboxylic acids is 1. The van der Waals surface area contributed by atoms with Gasteiger partial charge in [0.2, 0.25) is 0 Å². The summed E-state index contributed by atoms with van der Waals surface area (Å²) in [6, 6.07) is 10.4. The summed E-state index contributed by atoms with van der Waals surface area (Å²) in [5, 5.41) is 6.53. The highest BCUT2D eigenvalue weighted by Gasteiger charge is 2.16. The van der Waals surface area contributed by atoms with Crippen LogP contribution < -0.4 is 16.1 Å². The van der Waals surface area contributed by atoms with E-state index in [2.05, 4.69) is 20.6 Å². The number of hydrogen-bond acceptors (Lipinski definition) is 4. The monoisotopic (exact) mass is 410 g/mol. The fourth-order valence-corrected chi connectivity index (χ4v) is 3.39. The Labute approximate surface area is 174 Å². The molecule has 0 bridgehead atoms. The molecule has 0 spiro atoms. The molecule has 2 heterocycles. The van der Waals surface area contributed by atoms with Crippen LogP contribution in [0.5, 0.6) is 0 Å². The van der Waals surface area contributed by atoms with Crippen molar-refractivity contribution in [2.45, 2.75) is 27.3 Å². The second-order valence-corrected chi connectivity index (χ2v) is 7.16. The molecule has 0 aliphatic carbocycles. The van der Waals surface area contributed by atoms with Crippen molar-refractivity contribution in [2.24, 2.45) is 0 Å². The molecule has 3 N–H and O–H groups in total. The lowest BCUT2D eigenvalue weighted by Gasteiger charge is -2.14. The number of anilines is 1. The van der Waals surface area contributed by atoms with E-state index in [1.54, 1.807) is 18.3 Å². The molecule has 1 amide bonds. The van der Waals surface area contributed by atoms with E-state index >= 15 is 0 Å². The number of hydrogen-bond donors (Lipinski definition) is 3. The van der Waals surface area contributed by atoms with Gasteiger partial charge in [0.1, 0.15) is 0 Å². The van der Waals surface area contributed by atoms with Crippen molar-refractivity contribution in [2.75, 3.05) is 11.9 Å². The van der Waals surface area contributed by atoms with E-state index in [1.165, 1.54) is 6.07 Å². The molecule has 7 heteroatoms. The maximum absolute atomic E-state index is 12.8. The molecule has 150 valence electrons. The molecule has 0 aliphatic heterocycles. The molecule has 0 saturated heterocycles. The smallest absolute Gasteiger partial charge is 0.251 e. The summed E-state index contributed by atoms with van der Waals surface area (Å²) in [6.45, 7) is 6.44. The highest BCUT2D eigenvalue weighted by Crippen LogP contribution is 2.25. The highest BCUT2D eigenvalue weighted by molar-refractivity contribution is 6.31. The zero-order chi connectivity index (χ0) is 21.0. The predicted molar refractivity (Wildman–Crippen MR) is 117 cm³/mol. The summed E-state index contributed by atoms with van der Waals surface area (Å²) < 4.78 is 0. The SMILES string of the molecule is CCNc1cc(Cl)cc(C(=O)NCc2c(-c3ccccn3)[nH]c(C)cc2=O)c1C. The summed E-state index contributed by atoms with van der Waals surface area (Å²) in [6.07, 6.45) is 1.66. The number of aryl methyl sites for hydroxylation is 1. The van der Waals surface area contributed by atoms with Crippen LogP contribution >= 0.6 is 11.6 Å². The summed E-state index contributed by atoms with van der Waals surface area (Å²) in [5.41, 5.74) is 4.36. The first kappa shape index (κ1) is 20.6. The maximum atomic E-state index is 12.8. The number of aromatic amines is 1. The van der Waals surface area contributed by atoms with Gasteiger partial charge in [-0.25, -0.2) is 0 Å². The van der Waals surface area contributed by atoms with E-state index in [0.717, 1.165) is 16.9 Å². The molecule has 0 aliphatic rings. The van der Waals surface area contributed by atoms with E-state index in [0.29, 0.717) is 34.1 Å². The van der Waals surface area contributed by atoms with Gasteiger partial charge < -0.3 is 15.6 Å². The standard InChI is InChI=1S/C22H23ClN4O2/c1-4-24-19-11-15(23)10-16(14(19)3)22(29)26-12-17-20(28)9-13(2)27-21(17)18-7-5-6-8-25-18/h5-11,24H,4,12H2,1-3H3,(H,26,29)(H,27,28). The van der Waals surface area contributed by atoms with Gasteiger partial charge in [-0.2, -0.15) is 0 Å². The van der Waals surface area contributed by atoms with E-state index in [-0.39, 0.29) is 17.9 Å². The first-order chi connectivity index (χ1) is 13.9. The Balaban J connectivity index is 1.91. The number of benzene rings is 1. The fourth-order valence-electron chi connectivity index (χ4n) is 3.17. The largest absolute Gasteiger partial charge is 0.385 e. The summed E-state index contributed by atoms with van der Waals surface area (Å²) in [5.74, 6) is -0.295. The molecule has 3 aromatic rings. The Morgan fingerprint density at radius 1 is 1.21 bits per heavy atom. The van der Waals surface area contributed by atoms with Crippen molar-refractivity contribution >= 4 is 23.2 Å². The molecular weight excluding hydrogens is 388 g/mol. The number of nitrogens with zero attached hydrogens (tertiary/aromatic N) is 1. The number of H-pyrrole nitrogens is 1. The number of aromatic nitrogens is 2. The van der Waals surface area contributed by atoms with E-state index in [1.807, 2.05) is 39.0 Å². The zero-order valence-corrected chi connectivity index (χ0v) is 17.4. The Morgan fingerprint density at radius 3 is 2.69 bits per heavy atom. The maximum Gasteiger partial charge on any atom is 0.251 e. The van der Waals surface area contributed by atoms with E-state index < -0.39 is 0 Å². The second kappa shape index (κ2) is 8.92. The van der Waals surface area contributed by atoms with Crippen LogP contribution in [0.25, 0.3) is 11.4 Å². The fraction of sp³-hybridized carbons (Fsp3) is 0.227. The summed E-state index contributed by atoms with van der Waals surface area (Å²) in [4.78, 5) is 33.0. The number of rotatable bonds is 6. The lowest BCUT2D eigenvalue weighted by atomic mass is 10.0. The van der Waals surface area contributed by atoms with Crippen LogP contribution in [-0.4, -0.2) is 22.4 Å². The van der Waals surface area contributed by atoms with Crippen LogP contribution in [0, 0.1) is 13.8 Å². The number of pyridine rings is 2. The van der Waals surface area contributed by atoms with Crippen molar-refractivity contribution in [1.82, 2.24) is 15.3 Å². The van der Waals surface area contributed by atoms with Crippen molar-refractivity contribution in [1.29, 1.82) is 0 Å². The number of carbonyl (C=O) groups is 1. The van der Waals surface area contributed by atoms with Crippen LogP contribution in [0.1, 0.15) is 34.1 Å². The normalized spacial score (nSPS) is 10.6. The molecule has 6 nitrogen and oxygen atoms in total. The molecule has 0 fully saturated rings. The molecule has 0 atom stereocenters. The molecular formula is C22H23ClN4O2.